The zero-order chi connectivity index (χ0) is 14.6. The molecule has 0 spiro atoms. The zero-order valence-corrected chi connectivity index (χ0v) is 15.2. The molecule has 0 aromatic heterocycles. The lowest BCUT2D eigenvalue weighted by Crippen LogP contribution is -2.25. The molecule has 1 rings (SSSR count). The first kappa shape index (κ1) is 19.6. The van der Waals surface area contributed by atoms with Crippen molar-refractivity contribution in [1.29, 1.82) is 0 Å². The maximum atomic E-state index is 10.3. The quantitative estimate of drug-likeness (QED) is 0.445. The SMILES string of the molecule is CC(=O)CCCCBr.CC1(CCCCBr)OCCO1. The molecule has 3 nitrogen and oxygen atoms in total. The number of hydrogen-bond donors (Lipinski definition) is 0. The van der Waals surface area contributed by atoms with Gasteiger partial charge in [0.25, 0.3) is 0 Å². The second-order valence-electron chi connectivity index (χ2n) is 4.82. The molecule has 114 valence electrons. The van der Waals surface area contributed by atoms with Crippen LogP contribution in [0.25, 0.3) is 0 Å². The van der Waals surface area contributed by atoms with Gasteiger partial charge < -0.3 is 14.3 Å². The third kappa shape index (κ3) is 12.0. The molecule has 0 N–H and O–H groups in total. The predicted octanol–water partition coefficient (Wildman–Crippen LogP) is 4.46. The molecule has 1 fully saturated rings. The molecule has 5 heteroatoms. The third-order valence-electron chi connectivity index (χ3n) is 2.83. The highest BCUT2D eigenvalue weighted by molar-refractivity contribution is 9.09. The number of ether oxygens (including phenoxy) is 2. The molecule has 0 aliphatic carbocycles. The molecule has 0 radical (unpaired) electrons. The summed E-state index contributed by atoms with van der Waals surface area (Å²) >= 11 is 6.68. The Bertz CT molecular complexity index is 229. The second-order valence-corrected chi connectivity index (χ2v) is 6.41. The van der Waals surface area contributed by atoms with Crippen LogP contribution in [-0.2, 0) is 14.3 Å². The van der Waals surface area contributed by atoms with Crippen LogP contribution in [0.3, 0.4) is 0 Å². The highest BCUT2D eigenvalue weighted by atomic mass is 79.9. The van der Waals surface area contributed by atoms with Crippen molar-refractivity contribution >= 4 is 37.6 Å². The van der Waals surface area contributed by atoms with E-state index in [-0.39, 0.29) is 5.79 Å². The minimum Gasteiger partial charge on any atom is -0.348 e. The van der Waals surface area contributed by atoms with Crippen molar-refractivity contribution in [3.8, 4) is 0 Å². The van der Waals surface area contributed by atoms with E-state index < -0.39 is 0 Å². The molecule has 19 heavy (non-hydrogen) atoms. The van der Waals surface area contributed by atoms with Crippen LogP contribution in [0.1, 0.15) is 52.4 Å². The lowest BCUT2D eigenvalue weighted by Gasteiger charge is -2.21. The van der Waals surface area contributed by atoms with Crippen molar-refractivity contribution in [1.82, 2.24) is 0 Å². The normalized spacial score (nSPS) is 16.8. The summed E-state index contributed by atoms with van der Waals surface area (Å²) < 4.78 is 10.9. The Labute approximate surface area is 134 Å². The first-order chi connectivity index (χ1) is 9.04. The summed E-state index contributed by atoms with van der Waals surface area (Å²) in [7, 11) is 0. The van der Waals surface area contributed by atoms with Crippen molar-refractivity contribution in [3.05, 3.63) is 0 Å². The molecule has 0 bridgehead atoms. The highest BCUT2D eigenvalue weighted by Gasteiger charge is 2.29. The van der Waals surface area contributed by atoms with Crippen molar-refractivity contribution in [2.75, 3.05) is 23.9 Å². The molecule has 1 aliphatic rings. The van der Waals surface area contributed by atoms with E-state index >= 15 is 0 Å². The summed E-state index contributed by atoms with van der Waals surface area (Å²) in [6, 6.07) is 0. The Morgan fingerprint density at radius 3 is 2.05 bits per heavy atom. The van der Waals surface area contributed by atoms with Gasteiger partial charge in [-0.2, -0.15) is 0 Å². The maximum absolute atomic E-state index is 10.3. The third-order valence-corrected chi connectivity index (χ3v) is 3.95. The summed E-state index contributed by atoms with van der Waals surface area (Å²) in [5, 5.41) is 2.09. The number of halogens is 2. The molecule has 0 aromatic rings. The van der Waals surface area contributed by atoms with Crippen molar-refractivity contribution in [3.63, 3.8) is 0 Å². The van der Waals surface area contributed by atoms with E-state index in [1.165, 1.54) is 12.8 Å². The van der Waals surface area contributed by atoms with Crippen LogP contribution in [0, 0.1) is 0 Å². The van der Waals surface area contributed by atoms with E-state index in [1.807, 2.05) is 6.92 Å². The Hall–Kier alpha value is 0.550. The first-order valence-electron chi connectivity index (χ1n) is 6.93. The Morgan fingerprint density at radius 1 is 1.05 bits per heavy atom. The summed E-state index contributed by atoms with van der Waals surface area (Å²) in [4.78, 5) is 10.3. The smallest absolute Gasteiger partial charge is 0.165 e. The van der Waals surface area contributed by atoms with Gasteiger partial charge >= 0.3 is 0 Å². The molecule has 0 unspecified atom stereocenters. The molecule has 0 amide bonds. The van der Waals surface area contributed by atoms with Crippen LogP contribution in [0.15, 0.2) is 0 Å². The Morgan fingerprint density at radius 2 is 1.58 bits per heavy atom. The van der Waals surface area contributed by atoms with Gasteiger partial charge in [-0.15, -0.1) is 0 Å². The van der Waals surface area contributed by atoms with E-state index in [2.05, 4.69) is 31.9 Å². The fourth-order valence-electron chi connectivity index (χ4n) is 1.71. The largest absolute Gasteiger partial charge is 0.348 e. The Balaban J connectivity index is 0.000000362. The van der Waals surface area contributed by atoms with E-state index in [4.69, 9.17) is 9.47 Å². The van der Waals surface area contributed by atoms with Gasteiger partial charge in [0.05, 0.1) is 13.2 Å². The fraction of sp³-hybridized carbons (Fsp3) is 0.929. The second kappa shape index (κ2) is 12.3. The number of carbonyl (C=O) groups is 1. The van der Waals surface area contributed by atoms with E-state index in [1.54, 1.807) is 6.92 Å². The molecule has 1 saturated heterocycles. The number of ketones is 1. The summed E-state index contributed by atoms with van der Waals surface area (Å²) in [6.45, 7) is 5.16. The molecule has 0 atom stereocenters. The van der Waals surface area contributed by atoms with Crippen LogP contribution >= 0.6 is 31.9 Å². The first-order valence-corrected chi connectivity index (χ1v) is 9.17. The molecule has 0 aromatic carbocycles. The lowest BCUT2D eigenvalue weighted by atomic mass is 10.1. The number of hydrogen-bond acceptors (Lipinski definition) is 3. The summed E-state index contributed by atoms with van der Waals surface area (Å²) in [5.41, 5.74) is 0. The van der Waals surface area contributed by atoms with E-state index in [0.717, 1.165) is 49.6 Å². The topological polar surface area (TPSA) is 35.5 Å². The molecule has 1 heterocycles. The van der Waals surface area contributed by atoms with Crippen molar-refractivity contribution in [2.24, 2.45) is 0 Å². The van der Waals surface area contributed by atoms with Crippen LogP contribution in [0.5, 0.6) is 0 Å². The minimum absolute atomic E-state index is 0.276. The van der Waals surface area contributed by atoms with Gasteiger partial charge in [-0.25, -0.2) is 0 Å². The van der Waals surface area contributed by atoms with Gasteiger partial charge in [0.1, 0.15) is 5.78 Å². The maximum Gasteiger partial charge on any atom is 0.165 e. The zero-order valence-electron chi connectivity index (χ0n) is 12.1. The van der Waals surface area contributed by atoms with E-state index in [9.17, 15) is 4.79 Å². The summed E-state index contributed by atoms with van der Waals surface area (Å²) in [6.07, 6.45) is 6.26. The highest BCUT2D eigenvalue weighted by Crippen LogP contribution is 2.24. The van der Waals surface area contributed by atoms with Crippen LogP contribution in [-0.4, -0.2) is 35.4 Å². The van der Waals surface area contributed by atoms with Crippen LogP contribution in [0.2, 0.25) is 0 Å². The summed E-state index contributed by atoms with van der Waals surface area (Å²) in [5.74, 6) is 0.0216. The number of rotatable bonds is 8. The Kier molecular flexibility index (Phi) is 12.7. The van der Waals surface area contributed by atoms with Crippen molar-refractivity contribution < 1.29 is 14.3 Å². The van der Waals surface area contributed by atoms with Gasteiger partial charge in [0.2, 0.25) is 0 Å². The molecule has 1 aliphatic heterocycles. The number of Topliss-reactive ketones (excluding diaryl/α,β-unsaturated/α-hetero) is 1. The number of unbranched alkanes of at least 4 members (excludes halogenated alkanes) is 2. The van der Waals surface area contributed by atoms with Gasteiger partial charge in [-0.05, 0) is 39.5 Å². The monoisotopic (exact) mass is 400 g/mol. The van der Waals surface area contributed by atoms with Gasteiger partial charge in [0, 0.05) is 23.5 Å². The predicted molar refractivity (Wildman–Crippen MR) is 86.3 cm³/mol. The molecule has 0 saturated carbocycles. The lowest BCUT2D eigenvalue weighted by molar-refractivity contribution is -0.147. The molecular formula is C14H26Br2O3. The average Bonchev–Trinajstić information content (AvgIpc) is 2.78. The van der Waals surface area contributed by atoms with Crippen molar-refractivity contribution in [2.45, 2.75) is 58.2 Å². The average molecular weight is 402 g/mol. The molecular weight excluding hydrogens is 376 g/mol. The van der Waals surface area contributed by atoms with Crippen LogP contribution in [0.4, 0.5) is 0 Å². The van der Waals surface area contributed by atoms with E-state index in [0.29, 0.717) is 5.78 Å². The van der Waals surface area contributed by atoms with Gasteiger partial charge in [0.15, 0.2) is 5.79 Å². The van der Waals surface area contributed by atoms with Gasteiger partial charge in [-0.1, -0.05) is 31.9 Å². The number of carbonyl (C=O) groups excluding carboxylic acids is 1. The van der Waals surface area contributed by atoms with Crippen LogP contribution < -0.4 is 0 Å². The number of alkyl halides is 2. The van der Waals surface area contributed by atoms with Gasteiger partial charge in [-0.3, -0.25) is 0 Å². The minimum atomic E-state index is -0.276. The fourth-order valence-corrected chi connectivity index (χ4v) is 2.50. The standard InChI is InChI=1S/C8H15BrO2.C6H11BrO/c1-8(4-2-3-5-9)10-6-7-11-8;1-6(8)4-2-3-5-7/h2-7H2,1H3;2-5H2,1H3.